The Morgan fingerprint density at radius 1 is 1.45 bits per heavy atom. The molecule has 0 aliphatic carbocycles. The van der Waals surface area contributed by atoms with Gasteiger partial charge in [-0.05, 0) is 29.5 Å². The highest BCUT2D eigenvalue weighted by atomic mass is 32.2. The summed E-state index contributed by atoms with van der Waals surface area (Å²) in [4.78, 5) is 15.6. The molecule has 6 nitrogen and oxygen atoms in total. The quantitative estimate of drug-likeness (QED) is 0.396. The van der Waals surface area contributed by atoms with Crippen LogP contribution in [-0.2, 0) is 6.54 Å². The summed E-state index contributed by atoms with van der Waals surface area (Å²) in [5.74, 6) is 1.41. The van der Waals surface area contributed by atoms with E-state index in [0.29, 0.717) is 12.4 Å². The van der Waals surface area contributed by atoms with Crippen LogP contribution in [0.5, 0.6) is 0 Å². The van der Waals surface area contributed by atoms with Gasteiger partial charge >= 0.3 is 5.82 Å². The van der Waals surface area contributed by atoms with Gasteiger partial charge in [-0.15, -0.1) is 11.8 Å². The predicted octanol–water partition coefficient (Wildman–Crippen LogP) is 2.78. The molecule has 0 amide bonds. The zero-order chi connectivity index (χ0) is 14.7. The molecular formula is C13H16N4O2S. The molecule has 1 aromatic heterocycles. The van der Waals surface area contributed by atoms with Crippen molar-refractivity contribution in [3.05, 3.63) is 45.9 Å². The van der Waals surface area contributed by atoms with Crippen molar-refractivity contribution in [3.8, 4) is 0 Å². The van der Waals surface area contributed by atoms with Gasteiger partial charge in [0.1, 0.15) is 12.7 Å². The highest BCUT2D eigenvalue weighted by Crippen LogP contribution is 2.25. The number of nitrogen functional groups attached to an aromatic ring is 1. The fourth-order valence-electron chi connectivity index (χ4n) is 1.90. The van der Waals surface area contributed by atoms with E-state index in [-0.39, 0.29) is 5.82 Å². The molecule has 0 spiro atoms. The molecule has 7 heteroatoms. The zero-order valence-corrected chi connectivity index (χ0v) is 12.2. The first kappa shape index (κ1) is 14.4. The average molecular weight is 292 g/mol. The van der Waals surface area contributed by atoms with Crippen molar-refractivity contribution < 1.29 is 4.92 Å². The lowest BCUT2D eigenvalue weighted by Crippen LogP contribution is -2.06. The molecule has 0 bridgehead atoms. The van der Waals surface area contributed by atoms with Crippen molar-refractivity contribution in [2.45, 2.75) is 25.3 Å². The molecule has 0 aliphatic heterocycles. The molecule has 0 aliphatic rings. The Bertz CT molecular complexity index is 639. The van der Waals surface area contributed by atoms with E-state index in [1.807, 2.05) is 25.1 Å². The monoisotopic (exact) mass is 292 g/mol. The van der Waals surface area contributed by atoms with E-state index in [2.05, 4.69) is 4.98 Å². The lowest BCUT2D eigenvalue weighted by Gasteiger charge is -2.07. The molecule has 1 heterocycles. The predicted molar refractivity (Wildman–Crippen MR) is 79.9 cm³/mol. The number of hydrogen-bond acceptors (Lipinski definition) is 5. The second kappa shape index (κ2) is 5.96. The molecule has 2 N–H and O–H groups in total. The standard InChI is InChI=1S/C13H16N4O2S/c1-9-3-4-11(14)7-12(9)20-6-5-16-10(2)15-8-13(16)17(18)19/h3-4,7-8H,5-6,14H2,1-2H3. The minimum atomic E-state index is -0.406. The smallest absolute Gasteiger partial charge is 0.342 e. The number of nitrogens with two attached hydrogens (primary N) is 1. The maximum atomic E-state index is 10.9. The van der Waals surface area contributed by atoms with E-state index in [4.69, 9.17) is 5.73 Å². The summed E-state index contributed by atoms with van der Waals surface area (Å²) in [6.45, 7) is 4.33. The lowest BCUT2D eigenvalue weighted by atomic mass is 10.2. The van der Waals surface area contributed by atoms with Gasteiger partial charge in [-0.2, -0.15) is 0 Å². The molecular weight excluding hydrogens is 276 g/mol. The molecule has 0 radical (unpaired) electrons. The molecule has 0 fully saturated rings. The number of nitro groups is 1. The molecule has 0 atom stereocenters. The van der Waals surface area contributed by atoms with Crippen LogP contribution in [0.1, 0.15) is 11.4 Å². The number of rotatable bonds is 5. The summed E-state index contributed by atoms with van der Waals surface area (Å²) in [7, 11) is 0. The van der Waals surface area contributed by atoms with Crippen LogP contribution in [0, 0.1) is 24.0 Å². The molecule has 0 saturated heterocycles. The Balaban J connectivity index is 2.05. The van der Waals surface area contributed by atoms with Gasteiger partial charge in [0.05, 0.1) is 0 Å². The minimum absolute atomic E-state index is 0.0346. The summed E-state index contributed by atoms with van der Waals surface area (Å²) in [6.07, 6.45) is 1.30. The van der Waals surface area contributed by atoms with Crippen LogP contribution in [0.4, 0.5) is 11.5 Å². The molecule has 0 saturated carbocycles. The first-order valence-electron chi connectivity index (χ1n) is 6.14. The second-order valence-electron chi connectivity index (χ2n) is 4.45. The van der Waals surface area contributed by atoms with Crippen LogP contribution in [0.25, 0.3) is 0 Å². The Kier molecular flexibility index (Phi) is 4.29. The number of imidazole rings is 1. The largest absolute Gasteiger partial charge is 0.399 e. The number of nitrogens with zero attached hydrogens (tertiary/aromatic N) is 3. The first-order chi connectivity index (χ1) is 9.49. The summed E-state index contributed by atoms with van der Waals surface area (Å²) in [6, 6.07) is 5.77. The highest BCUT2D eigenvalue weighted by Gasteiger charge is 2.16. The third kappa shape index (κ3) is 3.11. The van der Waals surface area contributed by atoms with Gasteiger partial charge in [0.25, 0.3) is 0 Å². The molecule has 2 aromatic rings. The van der Waals surface area contributed by atoms with Crippen molar-refractivity contribution >= 4 is 23.3 Å². The highest BCUT2D eigenvalue weighted by molar-refractivity contribution is 7.99. The number of anilines is 1. The van der Waals surface area contributed by atoms with Crippen LogP contribution in [-0.4, -0.2) is 20.2 Å². The molecule has 20 heavy (non-hydrogen) atoms. The van der Waals surface area contributed by atoms with Gasteiger partial charge in [0, 0.05) is 23.3 Å². The molecule has 106 valence electrons. The van der Waals surface area contributed by atoms with E-state index < -0.39 is 4.92 Å². The number of benzene rings is 1. The average Bonchev–Trinajstić information content (AvgIpc) is 2.75. The molecule has 1 aromatic carbocycles. The number of thioether (sulfide) groups is 1. The summed E-state index contributed by atoms with van der Waals surface area (Å²) in [5, 5.41) is 10.9. The van der Waals surface area contributed by atoms with Crippen LogP contribution >= 0.6 is 11.8 Å². The lowest BCUT2D eigenvalue weighted by molar-refractivity contribution is -0.392. The van der Waals surface area contributed by atoms with Gasteiger partial charge in [0.2, 0.25) is 0 Å². The molecule has 0 unspecified atom stereocenters. The Morgan fingerprint density at radius 2 is 2.20 bits per heavy atom. The maximum absolute atomic E-state index is 10.9. The van der Waals surface area contributed by atoms with Gasteiger partial charge < -0.3 is 15.8 Å². The van der Waals surface area contributed by atoms with Gasteiger partial charge in [-0.1, -0.05) is 6.07 Å². The normalized spacial score (nSPS) is 10.7. The Morgan fingerprint density at radius 3 is 2.90 bits per heavy atom. The van der Waals surface area contributed by atoms with Crippen molar-refractivity contribution in [1.82, 2.24) is 9.55 Å². The minimum Gasteiger partial charge on any atom is -0.399 e. The van der Waals surface area contributed by atoms with Crippen LogP contribution in [0.15, 0.2) is 29.3 Å². The SMILES string of the molecule is Cc1ccc(N)cc1SCCn1c([N+](=O)[O-])cnc1C. The summed E-state index contributed by atoms with van der Waals surface area (Å²) < 4.78 is 1.62. The van der Waals surface area contributed by atoms with E-state index in [1.54, 1.807) is 23.3 Å². The van der Waals surface area contributed by atoms with Crippen LogP contribution in [0.2, 0.25) is 0 Å². The van der Waals surface area contributed by atoms with Crippen LogP contribution < -0.4 is 5.73 Å². The van der Waals surface area contributed by atoms with Gasteiger partial charge in [-0.25, -0.2) is 9.55 Å². The maximum Gasteiger partial charge on any atom is 0.342 e. The topological polar surface area (TPSA) is 87.0 Å². The fourth-order valence-corrected chi connectivity index (χ4v) is 2.91. The Labute approximate surface area is 121 Å². The fraction of sp³-hybridized carbons (Fsp3) is 0.308. The molecule has 2 rings (SSSR count). The van der Waals surface area contributed by atoms with Gasteiger partial charge in [-0.3, -0.25) is 0 Å². The van der Waals surface area contributed by atoms with Gasteiger partial charge in [0.15, 0.2) is 5.82 Å². The van der Waals surface area contributed by atoms with Crippen molar-refractivity contribution in [2.75, 3.05) is 11.5 Å². The Hall–Kier alpha value is -2.02. The van der Waals surface area contributed by atoms with Crippen LogP contribution in [0.3, 0.4) is 0 Å². The zero-order valence-electron chi connectivity index (χ0n) is 11.4. The summed E-state index contributed by atoms with van der Waals surface area (Å²) in [5.41, 5.74) is 7.64. The third-order valence-corrected chi connectivity index (χ3v) is 4.14. The third-order valence-electron chi connectivity index (χ3n) is 3.01. The number of hydrogen-bond donors (Lipinski definition) is 1. The number of aromatic nitrogens is 2. The van der Waals surface area contributed by atoms with E-state index in [9.17, 15) is 10.1 Å². The van der Waals surface area contributed by atoms with E-state index in [0.717, 1.165) is 21.9 Å². The van der Waals surface area contributed by atoms with Crippen molar-refractivity contribution in [3.63, 3.8) is 0 Å². The van der Waals surface area contributed by atoms with E-state index >= 15 is 0 Å². The summed E-state index contributed by atoms with van der Waals surface area (Å²) >= 11 is 1.64. The number of aryl methyl sites for hydroxylation is 2. The van der Waals surface area contributed by atoms with Crippen molar-refractivity contribution in [1.29, 1.82) is 0 Å². The van der Waals surface area contributed by atoms with Crippen molar-refractivity contribution in [2.24, 2.45) is 0 Å². The first-order valence-corrected chi connectivity index (χ1v) is 7.13. The second-order valence-corrected chi connectivity index (χ2v) is 5.58. The van der Waals surface area contributed by atoms with E-state index in [1.165, 1.54) is 6.20 Å².